The summed E-state index contributed by atoms with van der Waals surface area (Å²) in [7, 11) is 1.54. The summed E-state index contributed by atoms with van der Waals surface area (Å²) in [4.78, 5) is 24.3. The third-order valence-electron chi connectivity index (χ3n) is 4.89. The van der Waals surface area contributed by atoms with Gasteiger partial charge in [0.2, 0.25) is 0 Å². The van der Waals surface area contributed by atoms with Gasteiger partial charge in [-0.2, -0.15) is 5.26 Å². The third-order valence-corrected chi connectivity index (χ3v) is 4.89. The lowest BCUT2D eigenvalue weighted by Crippen LogP contribution is -2.36. The Hall–Kier alpha value is -2.72. The quantitative estimate of drug-likeness (QED) is 0.710. The molecule has 7 heteroatoms. The van der Waals surface area contributed by atoms with Crippen LogP contribution in [0, 0.1) is 17.2 Å². The molecule has 0 radical (unpaired) electrons. The number of carbonyl (C=O) groups excluding carboxylic acids is 1. The van der Waals surface area contributed by atoms with Crippen molar-refractivity contribution in [2.75, 3.05) is 31.7 Å². The minimum atomic E-state index is -1.14. The van der Waals surface area contributed by atoms with Crippen molar-refractivity contribution in [3.8, 4) is 6.07 Å². The summed E-state index contributed by atoms with van der Waals surface area (Å²) in [6.07, 6.45) is 1.76. The third kappa shape index (κ3) is 4.39. The lowest BCUT2D eigenvalue weighted by molar-refractivity contribution is -0.150. The Bertz CT molecular complexity index is 880. The average Bonchev–Trinajstić information content (AvgIpc) is 2.68. The molecule has 2 heterocycles. The van der Waals surface area contributed by atoms with E-state index in [2.05, 4.69) is 22.9 Å². The second-order valence-corrected chi connectivity index (χ2v) is 7.38. The Morgan fingerprint density at radius 2 is 2.07 bits per heavy atom. The van der Waals surface area contributed by atoms with Crippen LogP contribution in [0.2, 0.25) is 0 Å². The first-order valence-electron chi connectivity index (χ1n) is 9.64. The number of rotatable bonds is 6. The Kier molecular flexibility index (Phi) is 6.42. The minimum Gasteiger partial charge on any atom is -0.459 e. The second-order valence-electron chi connectivity index (χ2n) is 7.38. The van der Waals surface area contributed by atoms with Crippen LogP contribution in [0.25, 0.3) is 11.0 Å². The predicted molar refractivity (Wildman–Crippen MR) is 106 cm³/mol. The highest BCUT2D eigenvalue weighted by molar-refractivity contribution is 5.85. The SMILES string of the molecule is COC[C@H](C)OC(=O)[C@@H](C#N)c1nc2ccccc2nc1N1CCC[C@@H](C)C1. The Balaban J connectivity index is 2.02. The summed E-state index contributed by atoms with van der Waals surface area (Å²) in [5.74, 6) is -0.635. The molecule has 0 saturated carbocycles. The summed E-state index contributed by atoms with van der Waals surface area (Å²) in [5, 5.41) is 9.77. The molecule has 28 heavy (non-hydrogen) atoms. The van der Waals surface area contributed by atoms with Crippen LogP contribution in [-0.2, 0) is 14.3 Å². The number of ether oxygens (including phenoxy) is 2. The van der Waals surface area contributed by atoms with Gasteiger partial charge >= 0.3 is 5.97 Å². The molecule has 0 bridgehead atoms. The van der Waals surface area contributed by atoms with Crippen LogP contribution in [0.3, 0.4) is 0 Å². The predicted octanol–water partition coefficient (Wildman–Crippen LogP) is 3.05. The fourth-order valence-electron chi connectivity index (χ4n) is 3.57. The molecule has 0 aliphatic carbocycles. The highest BCUT2D eigenvalue weighted by Gasteiger charge is 2.32. The van der Waals surface area contributed by atoms with Gasteiger partial charge in [0.15, 0.2) is 11.7 Å². The molecule has 0 N–H and O–H groups in total. The zero-order chi connectivity index (χ0) is 20.1. The van der Waals surface area contributed by atoms with Crippen molar-refractivity contribution in [3.63, 3.8) is 0 Å². The number of hydrogen-bond donors (Lipinski definition) is 0. The molecular formula is C21H26N4O3. The summed E-state index contributed by atoms with van der Waals surface area (Å²) in [6, 6.07) is 9.57. The fraction of sp³-hybridized carbons (Fsp3) is 0.524. The van der Waals surface area contributed by atoms with Gasteiger partial charge in [0, 0.05) is 20.2 Å². The second kappa shape index (κ2) is 8.98. The van der Waals surface area contributed by atoms with E-state index in [-0.39, 0.29) is 6.61 Å². The number of hydrogen-bond acceptors (Lipinski definition) is 7. The maximum absolute atomic E-state index is 12.7. The van der Waals surface area contributed by atoms with E-state index < -0.39 is 18.0 Å². The van der Waals surface area contributed by atoms with Crippen molar-refractivity contribution in [2.24, 2.45) is 5.92 Å². The van der Waals surface area contributed by atoms with E-state index in [0.29, 0.717) is 22.9 Å². The molecule has 1 aromatic carbocycles. The number of aromatic nitrogens is 2. The topological polar surface area (TPSA) is 88.3 Å². The number of benzene rings is 1. The monoisotopic (exact) mass is 382 g/mol. The van der Waals surface area contributed by atoms with E-state index in [4.69, 9.17) is 14.5 Å². The number of para-hydroxylation sites is 2. The highest BCUT2D eigenvalue weighted by atomic mass is 16.6. The van der Waals surface area contributed by atoms with Crippen molar-refractivity contribution in [3.05, 3.63) is 30.0 Å². The number of anilines is 1. The number of nitriles is 1. The van der Waals surface area contributed by atoms with Crippen LogP contribution >= 0.6 is 0 Å². The van der Waals surface area contributed by atoms with Gasteiger partial charge in [-0.3, -0.25) is 4.79 Å². The van der Waals surface area contributed by atoms with Crippen molar-refractivity contribution in [2.45, 2.75) is 38.7 Å². The zero-order valence-electron chi connectivity index (χ0n) is 16.6. The van der Waals surface area contributed by atoms with E-state index in [1.807, 2.05) is 24.3 Å². The van der Waals surface area contributed by atoms with Gasteiger partial charge in [0.05, 0.1) is 23.7 Å². The first-order valence-corrected chi connectivity index (χ1v) is 9.64. The van der Waals surface area contributed by atoms with Crippen LogP contribution in [0.4, 0.5) is 5.82 Å². The van der Waals surface area contributed by atoms with Gasteiger partial charge in [0.25, 0.3) is 0 Å². The summed E-state index contributed by atoms with van der Waals surface area (Å²) in [5.41, 5.74) is 1.77. The standard InChI is InChI=1S/C21H26N4O3/c1-14-7-6-10-25(12-14)20-19(23-17-8-4-5-9-18(17)24-20)16(11-22)21(26)28-15(2)13-27-3/h4-5,8-9,14-16H,6-7,10,12-13H2,1-3H3/t14-,15+,16+/m1/s1. The molecule has 0 spiro atoms. The number of carbonyl (C=O) groups is 1. The van der Waals surface area contributed by atoms with E-state index in [1.165, 1.54) is 7.11 Å². The molecule has 1 fully saturated rings. The molecule has 1 aliphatic rings. The molecule has 1 aliphatic heterocycles. The van der Waals surface area contributed by atoms with Gasteiger partial charge in [-0.15, -0.1) is 0 Å². The van der Waals surface area contributed by atoms with Gasteiger partial charge in [0.1, 0.15) is 11.8 Å². The van der Waals surface area contributed by atoms with Crippen molar-refractivity contribution in [1.82, 2.24) is 9.97 Å². The lowest BCUT2D eigenvalue weighted by atomic mass is 9.99. The van der Waals surface area contributed by atoms with E-state index in [9.17, 15) is 10.1 Å². The first kappa shape index (κ1) is 20.0. The molecule has 2 aromatic rings. The van der Waals surface area contributed by atoms with Gasteiger partial charge in [-0.05, 0) is 37.8 Å². The zero-order valence-corrected chi connectivity index (χ0v) is 16.6. The molecule has 1 aromatic heterocycles. The Labute approximate surface area is 165 Å². The minimum absolute atomic E-state index is 0.268. The highest BCUT2D eigenvalue weighted by Crippen LogP contribution is 2.31. The van der Waals surface area contributed by atoms with E-state index in [0.717, 1.165) is 31.4 Å². The molecule has 0 amide bonds. The lowest BCUT2D eigenvalue weighted by Gasteiger charge is -2.33. The average molecular weight is 382 g/mol. The van der Waals surface area contributed by atoms with Crippen LogP contribution < -0.4 is 4.90 Å². The molecule has 1 saturated heterocycles. The number of esters is 1. The largest absolute Gasteiger partial charge is 0.459 e. The van der Waals surface area contributed by atoms with Gasteiger partial charge in [-0.25, -0.2) is 9.97 Å². The number of fused-ring (bicyclic) bond motifs is 1. The number of nitrogens with zero attached hydrogens (tertiary/aromatic N) is 4. The normalized spacial score (nSPS) is 19.1. The van der Waals surface area contributed by atoms with Crippen molar-refractivity contribution >= 4 is 22.8 Å². The van der Waals surface area contributed by atoms with Crippen LogP contribution in [0.15, 0.2) is 24.3 Å². The molecule has 7 nitrogen and oxygen atoms in total. The number of methoxy groups -OCH3 is 1. The van der Waals surface area contributed by atoms with Crippen molar-refractivity contribution < 1.29 is 14.3 Å². The van der Waals surface area contributed by atoms with Crippen LogP contribution in [-0.4, -0.2) is 48.8 Å². The van der Waals surface area contributed by atoms with Crippen molar-refractivity contribution in [1.29, 1.82) is 5.26 Å². The molecule has 3 atom stereocenters. The van der Waals surface area contributed by atoms with Crippen LogP contribution in [0.1, 0.15) is 38.3 Å². The molecule has 3 rings (SSSR count). The Morgan fingerprint density at radius 1 is 1.36 bits per heavy atom. The van der Waals surface area contributed by atoms with Gasteiger partial charge in [-0.1, -0.05) is 19.1 Å². The summed E-state index contributed by atoms with van der Waals surface area (Å²) < 4.78 is 10.4. The number of piperidine rings is 1. The smallest absolute Gasteiger partial charge is 0.330 e. The van der Waals surface area contributed by atoms with Crippen LogP contribution in [0.5, 0.6) is 0 Å². The molecular weight excluding hydrogens is 356 g/mol. The van der Waals surface area contributed by atoms with E-state index >= 15 is 0 Å². The Morgan fingerprint density at radius 3 is 2.71 bits per heavy atom. The fourth-order valence-corrected chi connectivity index (χ4v) is 3.57. The maximum atomic E-state index is 12.7. The van der Waals surface area contributed by atoms with Gasteiger partial charge < -0.3 is 14.4 Å². The first-order chi connectivity index (χ1) is 13.5. The summed E-state index contributed by atoms with van der Waals surface area (Å²) >= 11 is 0. The van der Waals surface area contributed by atoms with E-state index in [1.54, 1.807) is 6.92 Å². The summed E-state index contributed by atoms with van der Waals surface area (Å²) in [6.45, 7) is 5.85. The molecule has 148 valence electrons. The molecule has 0 unspecified atom stereocenters. The maximum Gasteiger partial charge on any atom is 0.330 e.